The van der Waals surface area contributed by atoms with Crippen molar-refractivity contribution in [2.75, 3.05) is 0 Å². The zero-order valence-corrected chi connectivity index (χ0v) is 12.3. The van der Waals surface area contributed by atoms with E-state index in [0.29, 0.717) is 16.4 Å². The van der Waals surface area contributed by atoms with Crippen LogP contribution in [0.25, 0.3) is 11.0 Å². The van der Waals surface area contributed by atoms with Crippen LogP contribution >= 0.6 is 11.6 Å². The molecule has 3 aromatic rings. The molecular formula is C14H14ClN5O. The van der Waals surface area contributed by atoms with Crippen molar-refractivity contribution in [2.45, 2.75) is 13.0 Å². The molecule has 2 N–H and O–H groups in total. The number of rotatable bonds is 3. The van der Waals surface area contributed by atoms with E-state index in [2.05, 4.69) is 20.4 Å². The average molecular weight is 304 g/mol. The highest BCUT2D eigenvalue weighted by Crippen LogP contribution is 2.18. The van der Waals surface area contributed by atoms with Crippen molar-refractivity contribution in [3.05, 3.63) is 47.0 Å². The van der Waals surface area contributed by atoms with Gasteiger partial charge in [-0.15, -0.1) is 0 Å². The number of aromatic nitrogens is 4. The predicted octanol–water partition coefficient (Wildman–Crippen LogP) is 2.44. The molecule has 6 nitrogen and oxygen atoms in total. The summed E-state index contributed by atoms with van der Waals surface area (Å²) in [5, 5.41) is 8.36. The number of pyridine rings is 1. The number of aryl methyl sites for hydroxylation is 1. The normalized spacial score (nSPS) is 12.5. The molecule has 1 atom stereocenters. The summed E-state index contributed by atoms with van der Waals surface area (Å²) >= 11 is 5.89. The van der Waals surface area contributed by atoms with Crippen LogP contribution in [0.1, 0.15) is 29.0 Å². The summed E-state index contributed by atoms with van der Waals surface area (Å²) in [7, 11) is 1.84. The van der Waals surface area contributed by atoms with Gasteiger partial charge in [-0.1, -0.05) is 11.6 Å². The molecule has 0 saturated heterocycles. The van der Waals surface area contributed by atoms with Crippen LogP contribution in [0.3, 0.4) is 0 Å². The zero-order chi connectivity index (χ0) is 15.0. The smallest absolute Gasteiger partial charge is 0.268 e. The first-order chi connectivity index (χ1) is 10.0. The third kappa shape index (κ3) is 2.75. The minimum atomic E-state index is -0.194. The first-order valence-electron chi connectivity index (χ1n) is 6.46. The van der Waals surface area contributed by atoms with Crippen LogP contribution < -0.4 is 5.32 Å². The number of carbonyl (C=O) groups is 1. The predicted molar refractivity (Wildman–Crippen MR) is 80.2 cm³/mol. The number of nitrogens with one attached hydrogen (secondary N) is 2. The molecule has 0 radical (unpaired) electrons. The minimum Gasteiger partial charge on any atom is -0.344 e. The van der Waals surface area contributed by atoms with Crippen LogP contribution in [0.5, 0.6) is 0 Å². The van der Waals surface area contributed by atoms with Gasteiger partial charge in [-0.3, -0.25) is 9.48 Å². The summed E-state index contributed by atoms with van der Waals surface area (Å²) < 4.78 is 1.70. The summed E-state index contributed by atoms with van der Waals surface area (Å²) in [6, 6.07) is 3.37. The highest BCUT2D eigenvalue weighted by Gasteiger charge is 2.15. The number of hydrogen-bond acceptors (Lipinski definition) is 3. The fourth-order valence-corrected chi connectivity index (χ4v) is 2.30. The summed E-state index contributed by atoms with van der Waals surface area (Å²) in [6.45, 7) is 1.91. The highest BCUT2D eigenvalue weighted by atomic mass is 35.5. The van der Waals surface area contributed by atoms with Crippen molar-refractivity contribution >= 4 is 28.5 Å². The molecule has 1 amide bonds. The third-order valence-electron chi connectivity index (χ3n) is 3.25. The molecule has 0 aliphatic rings. The standard InChI is InChI=1S/C14H14ClN5O/c1-8(10-5-17-20(2)7-10)18-14(21)12-4-9-3-11(15)6-16-13(9)19-12/h3-8H,1-2H3,(H,16,19)(H,18,21). The lowest BCUT2D eigenvalue weighted by Crippen LogP contribution is -2.26. The van der Waals surface area contributed by atoms with Crippen LogP contribution in [0.15, 0.2) is 30.7 Å². The maximum absolute atomic E-state index is 12.3. The Labute approximate surface area is 126 Å². The molecule has 108 valence electrons. The van der Waals surface area contributed by atoms with Crippen LogP contribution in [-0.2, 0) is 7.05 Å². The van der Waals surface area contributed by atoms with Gasteiger partial charge in [-0.05, 0) is 19.1 Å². The molecule has 0 aliphatic heterocycles. The van der Waals surface area contributed by atoms with Gasteiger partial charge in [0.15, 0.2) is 0 Å². The van der Waals surface area contributed by atoms with Crippen molar-refractivity contribution in [3.63, 3.8) is 0 Å². The summed E-state index contributed by atoms with van der Waals surface area (Å²) in [6.07, 6.45) is 5.15. The van der Waals surface area contributed by atoms with Gasteiger partial charge >= 0.3 is 0 Å². The Morgan fingerprint density at radius 1 is 1.43 bits per heavy atom. The van der Waals surface area contributed by atoms with E-state index >= 15 is 0 Å². The number of hydrogen-bond donors (Lipinski definition) is 2. The van der Waals surface area contributed by atoms with Gasteiger partial charge in [0.2, 0.25) is 0 Å². The van der Waals surface area contributed by atoms with E-state index < -0.39 is 0 Å². The van der Waals surface area contributed by atoms with Gasteiger partial charge in [0.05, 0.1) is 17.3 Å². The lowest BCUT2D eigenvalue weighted by atomic mass is 10.2. The molecule has 21 heavy (non-hydrogen) atoms. The van der Waals surface area contributed by atoms with E-state index in [-0.39, 0.29) is 11.9 Å². The van der Waals surface area contributed by atoms with Crippen molar-refractivity contribution in [1.29, 1.82) is 0 Å². The zero-order valence-electron chi connectivity index (χ0n) is 11.6. The van der Waals surface area contributed by atoms with E-state index in [1.165, 1.54) is 0 Å². The monoisotopic (exact) mass is 303 g/mol. The Morgan fingerprint density at radius 3 is 2.95 bits per heavy atom. The number of fused-ring (bicyclic) bond motifs is 1. The summed E-state index contributed by atoms with van der Waals surface area (Å²) in [5.74, 6) is -0.194. The Morgan fingerprint density at radius 2 is 2.24 bits per heavy atom. The molecule has 0 spiro atoms. The summed E-state index contributed by atoms with van der Waals surface area (Å²) in [5.41, 5.74) is 2.04. The highest BCUT2D eigenvalue weighted by molar-refractivity contribution is 6.31. The lowest BCUT2D eigenvalue weighted by Gasteiger charge is -2.10. The minimum absolute atomic E-state index is 0.130. The Hall–Kier alpha value is -2.34. The molecule has 3 heterocycles. The van der Waals surface area contributed by atoms with Gasteiger partial charge in [0.25, 0.3) is 5.91 Å². The van der Waals surface area contributed by atoms with Crippen LogP contribution in [0.2, 0.25) is 5.02 Å². The van der Waals surface area contributed by atoms with E-state index in [1.54, 1.807) is 29.2 Å². The van der Waals surface area contributed by atoms with Gasteiger partial charge < -0.3 is 10.3 Å². The van der Waals surface area contributed by atoms with Crippen LogP contribution in [0.4, 0.5) is 0 Å². The average Bonchev–Trinajstić information content (AvgIpc) is 3.04. The SMILES string of the molecule is CC(NC(=O)c1cc2cc(Cl)cnc2[nH]1)c1cnn(C)c1. The van der Waals surface area contributed by atoms with Gasteiger partial charge in [0, 0.05) is 30.4 Å². The van der Waals surface area contributed by atoms with Crippen molar-refractivity contribution in [1.82, 2.24) is 25.1 Å². The number of aromatic amines is 1. The molecule has 1 unspecified atom stereocenters. The van der Waals surface area contributed by atoms with E-state index in [4.69, 9.17) is 11.6 Å². The van der Waals surface area contributed by atoms with Crippen molar-refractivity contribution in [3.8, 4) is 0 Å². The first kappa shape index (κ1) is 13.6. The second-order valence-electron chi connectivity index (χ2n) is 4.92. The molecule has 3 aromatic heterocycles. The van der Waals surface area contributed by atoms with E-state index in [0.717, 1.165) is 10.9 Å². The molecule has 0 bridgehead atoms. The largest absolute Gasteiger partial charge is 0.344 e. The molecule has 7 heteroatoms. The quantitative estimate of drug-likeness (QED) is 0.780. The third-order valence-corrected chi connectivity index (χ3v) is 3.46. The second-order valence-corrected chi connectivity index (χ2v) is 5.35. The van der Waals surface area contributed by atoms with Gasteiger partial charge in [-0.2, -0.15) is 5.10 Å². The number of nitrogens with zero attached hydrogens (tertiary/aromatic N) is 3. The molecule has 0 aliphatic carbocycles. The van der Waals surface area contributed by atoms with Gasteiger partial charge in [0.1, 0.15) is 11.3 Å². The Balaban J connectivity index is 1.80. The molecule has 0 aromatic carbocycles. The van der Waals surface area contributed by atoms with E-state index in [1.807, 2.05) is 20.2 Å². The van der Waals surface area contributed by atoms with Crippen molar-refractivity contribution in [2.24, 2.45) is 7.05 Å². The van der Waals surface area contributed by atoms with Crippen molar-refractivity contribution < 1.29 is 4.79 Å². The summed E-state index contributed by atoms with van der Waals surface area (Å²) in [4.78, 5) is 19.4. The number of halogens is 1. The fourth-order valence-electron chi connectivity index (χ4n) is 2.13. The molecule has 3 rings (SSSR count). The van der Waals surface area contributed by atoms with E-state index in [9.17, 15) is 4.79 Å². The second kappa shape index (κ2) is 5.21. The lowest BCUT2D eigenvalue weighted by molar-refractivity contribution is 0.0935. The number of H-pyrrole nitrogens is 1. The molecule has 0 saturated carbocycles. The number of carbonyl (C=O) groups excluding carboxylic acids is 1. The molecule has 0 fully saturated rings. The molecular weight excluding hydrogens is 290 g/mol. The maximum atomic E-state index is 12.3. The Bertz CT molecular complexity index is 807. The Kier molecular flexibility index (Phi) is 3.39. The maximum Gasteiger partial charge on any atom is 0.268 e. The first-order valence-corrected chi connectivity index (χ1v) is 6.84. The van der Waals surface area contributed by atoms with Gasteiger partial charge in [-0.25, -0.2) is 4.98 Å². The fraction of sp³-hybridized carbons (Fsp3) is 0.214. The number of amides is 1. The van der Waals surface area contributed by atoms with Crippen LogP contribution in [-0.4, -0.2) is 25.7 Å². The topological polar surface area (TPSA) is 75.6 Å². The van der Waals surface area contributed by atoms with Crippen LogP contribution in [0, 0.1) is 0 Å².